The van der Waals surface area contributed by atoms with Gasteiger partial charge in [-0.3, -0.25) is 0 Å². The third-order valence-corrected chi connectivity index (χ3v) is 9.18. The van der Waals surface area contributed by atoms with Crippen LogP contribution in [-0.4, -0.2) is 52.1 Å². The first kappa shape index (κ1) is 23.4. The fraction of sp³-hybridized carbons (Fsp3) is 0.409. The molecule has 9 heteroatoms. The van der Waals surface area contributed by atoms with E-state index < -0.39 is 25.8 Å². The fourth-order valence-corrected chi connectivity index (χ4v) is 6.57. The van der Waals surface area contributed by atoms with E-state index in [-0.39, 0.29) is 40.2 Å². The van der Waals surface area contributed by atoms with Crippen LogP contribution in [0.2, 0.25) is 0 Å². The van der Waals surface area contributed by atoms with Gasteiger partial charge in [0.2, 0.25) is 10.0 Å². The highest BCUT2D eigenvalue weighted by atomic mass is 32.2. The average Bonchev–Trinajstić information content (AvgIpc) is 2.77. The zero-order valence-corrected chi connectivity index (χ0v) is 19.1. The summed E-state index contributed by atoms with van der Waals surface area (Å²) in [6.45, 7) is 2.36. The van der Waals surface area contributed by atoms with E-state index in [1.807, 2.05) is 6.92 Å². The second kappa shape index (κ2) is 9.93. The molecule has 7 nitrogen and oxygen atoms in total. The smallest absolute Gasteiger partial charge is 0.338 e. The quantitative estimate of drug-likeness (QED) is 0.438. The Kier molecular flexibility index (Phi) is 7.51. The van der Waals surface area contributed by atoms with Gasteiger partial charge in [0.15, 0.2) is 9.84 Å². The first-order valence-corrected chi connectivity index (χ1v) is 13.4. The van der Waals surface area contributed by atoms with Crippen molar-refractivity contribution in [1.82, 2.24) is 4.31 Å². The van der Waals surface area contributed by atoms with E-state index in [1.165, 1.54) is 40.7 Å². The van der Waals surface area contributed by atoms with E-state index >= 15 is 0 Å². The van der Waals surface area contributed by atoms with E-state index in [1.54, 1.807) is 18.2 Å². The lowest BCUT2D eigenvalue weighted by Gasteiger charge is -2.32. The van der Waals surface area contributed by atoms with Crippen molar-refractivity contribution in [3.8, 4) is 0 Å². The number of piperidine rings is 1. The van der Waals surface area contributed by atoms with Gasteiger partial charge in [0, 0.05) is 12.6 Å². The Morgan fingerprint density at radius 3 is 2.29 bits per heavy atom. The third kappa shape index (κ3) is 5.72. The Hall–Kier alpha value is -2.23. The van der Waals surface area contributed by atoms with Gasteiger partial charge in [-0.2, -0.15) is 4.31 Å². The van der Waals surface area contributed by atoms with Gasteiger partial charge < -0.3 is 4.74 Å². The molecule has 0 N–H and O–H groups in total. The molecule has 1 fully saturated rings. The average molecular weight is 466 g/mol. The number of carbonyl (C=O) groups is 1. The van der Waals surface area contributed by atoms with Gasteiger partial charge >= 0.3 is 5.97 Å². The van der Waals surface area contributed by atoms with Crippen molar-refractivity contribution in [3.63, 3.8) is 0 Å². The van der Waals surface area contributed by atoms with Gasteiger partial charge in [0.05, 0.1) is 27.7 Å². The minimum Gasteiger partial charge on any atom is -0.462 e. The van der Waals surface area contributed by atoms with Gasteiger partial charge in [0.25, 0.3) is 0 Å². The summed E-state index contributed by atoms with van der Waals surface area (Å²) in [5, 5.41) is 0. The van der Waals surface area contributed by atoms with Gasteiger partial charge in [-0.1, -0.05) is 24.6 Å². The largest absolute Gasteiger partial charge is 0.462 e. The predicted molar refractivity (Wildman–Crippen MR) is 117 cm³/mol. The molecule has 1 aliphatic heterocycles. The monoisotopic (exact) mass is 465 g/mol. The lowest BCUT2D eigenvalue weighted by Crippen LogP contribution is -2.41. The number of benzene rings is 2. The van der Waals surface area contributed by atoms with E-state index in [2.05, 4.69) is 0 Å². The molecule has 1 unspecified atom stereocenters. The molecule has 2 aromatic carbocycles. The fourth-order valence-electron chi connectivity index (χ4n) is 3.57. The van der Waals surface area contributed by atoms with Crippen molar-refractivity contribution < 1.29 is 26.4 Å². The van der Waals surface area contributed by atoms with Crippen LogP contribution in [0.15, 0.2) is 64.4 Å². The van der Waals surface area contributed by atoms with Gasteiger partial charge in [-0.25, -0.2) is 21.6 Å². The molecular weight excluding hydrogens is 438 g/mol. The molecule has 0 bridgehead atoms. The minimum absolute atomic E-state index is 0.0454. The second-order valence-corrected chi connectivity index (χ2v) is 11.6. The molecule has 1 saturated heterocycles. The zero-order valence-electron chi connectivity index (χ0n) is 17.4. The molecule has 1 atom stereocenters. The molecule has 0 saturated carbocycles. The molecule has 31 heavy (non-hydrogen) atoms. The van der Waals surface area contributed by atoms with Gasteiger partial charge in [-0.15, -0.1) is 0 Å². The first-order chi connectivity index (χ1) is 14.7. The second-order valence-electron chi connectivity index (χ2n) is 7.61. The number of hydrogen-bond donors (Lipinski definition) is 0. The van der Waals surface area contributed by atoms with Crippen LogP contribution < -0.4 is 0 Å². The molecule has 168 valence electrons. The summed E-state index contributed by atoms with van der Waals surface area (Å²) in [7, 11) is -7.03. The van der Waals surface area contributed by atoms with Crippen LogP contribution in [0.5, 0.6) is 0 Å². The lowest BCUT2D eigenvalue weighted by molar-refractivity contribution is 0.0505. The molecule has 0 aromatic heterocycles. The zero-order chi connectivity index (χ0) is 22.5. The van der Waals surface area contributed by atoms with Crippen molar-refractivity contribution >= 4 is 25.8 Å². The highest BCUT2D eigenvalue weighted by Gasteiger charge is 2.31. The summed E-state index contributed by atoms with van der Waals surface area (Å²) in [4.78, 5) is 12.6. The first-order valence-electron chi connectivity index (χ1n) is 10.3. The molecule has 0 amide bonds. The van der Waals surface area contributed by atoms with Crippen LogP contribution in [0.25, 0.3) is 0 Å². The van der Waals surface area contributed by atoms with Crippen LogP contribution >= 0.6 is 0 Å². The highest BCUT2D eigenvalue weighted by molar-refractivity contribution is 7.91. The number of hydrogen-bond acceptors (Lipinski definition) is 6. The number of ether oxygens (including phenoxy) is 1. The Balaban J connectivity index is 1.55. The Labute approximate surface area is 184 Å². The summed E-state index contributed by atoms with van der Waals surface area (Å²) in [5.74, 6) is -0.748. The van der Waals surface area contributed by atoms with E-state index in [0.29, 0.717) is 6.54 Å². The molecule has 1 heterocycles. The molecule has 0 aliphatic carbocycles. The molecule has 3 rings (SSSR count). The molecular formula is C22H27NO6S2. The number of sulfonamides is 1. The standard InChI is InChI=1S/C22H27NO6S2/c1-18-8-5-6-15-23(18)31(27,28)21-13-11-19(12-14-21)22(24)29-16-7-17-30(25,26)20-9-3-2-4-10-20/h2-4,9-14,18H,5-8,15-17H2,1H3. The van der Waals surface area contributed by atoms with E-state index in [4.69, 9.17) is 4.74 Å². The maximum atomic E-state index is 12.9. The van der Waals surface area contributed by atoms with Gasteiger partial charge in [0.1, 0.15) is 0 Å². The summed E-state index contributed by atoms with van der Waals surface area (Å²) in [5.41, 5.74) is 0.219. The highest BCUT2D eigenvalue weighted by Crippen LogP contribution is 2.25. The van der Waals surface area contributed by atoms with E-state index in [0.717, 1.165) is 19.3 Å². The van der Waals surface area contributed by atoms with Crippen molar-refractivity contribution in [1.29, 1.82) is 0 Å². The molecule has 1 aliphatic rings. The summed E-state index contributed by atoms with van der Waals surface area (Å²) >= 11 is 0. The number of sulfone groups is 1. The van der Waals surface area contributed by atoms with Crippen LogP contribution in [0.4, 0.5) is 0 Å². The summed E-state index contributed by atoms with van der Waals surface area (Å²) < 4.78 is 56.8. The van der Waals surface area contributed by atoms with E-state index in [9.17, 15) is 21.6 Å². The van der Waals surface area contributed by atoms with Crippen LogP contribution in [0.1, 0.15) is 43.0 Å². The Bertz CT molecular complexity index is 1100. The van der Waals surface area contributed by atoms with Crippen molar-refractivity contribution in [3.05, 3.63) is 60.2 Å². The number of esters is 1. The van der Waals surface area contributed by atoms with Crippen molar-refractivity contribution in [2.24, 2.45) is 0 Å². The normalized spacial score (nSPS) is 17.9. The summed E-state index contributed by atoms with van der Waals surface area (Å²) in [6.07, 6.45) is 2.87. The van der Waals surface area contributed by atoms with Crippen molar-refractivity contribution in [2.75, 3.05) is 18.9 Å². The van der Waals surface area contributed by atoms with Crippen LogP contribution in [0.3, 0.4) is 0 Å². The van der Waals surface area contributed by atoms with Crippen LogP contribution in [-0.2, 0) is 24.6 Å². The number of nitrogens with zero attached hydrogens (tertiary/aromatic N) is 1. The Morgan fingerprint density at radius 1 is 0.968 bits per heavy atom. The Morgan fingerprint density at radius 2 is 1.65 bits per heavy atom. The summed E-state index contributed by atoms with van der Waals surface area (Å²) in [6, 6.07) is 13.7. The molecule has 0 spiro atoms. The number of carbonyl (C=O) groups excluding carboxylic acids is 1. The lowest BCUT2D eigenvalue weighted by atomic mass is 10.1. The number of rotatable bonds is 8. The maximum Gasteiger partial charge on any atom is 0.338 e. The van der Waals surface area contributed by atoms with Crippen LogP contribution in [0, 0.1) is 0 Å². The minimum atomic E-state index is -3.60. The van der Waals surface area contributed by atoms with Crippen molar-refractivity contribution in [2.45, 2.75) is 48.4 Å². The maximum absolute atomic E-state index is 12.9. The third-order valence-electron chi connectivity index (χ3n) is 5.33. The predicted octanol–water partition coefficient (Wildman–Crippen LogP) is 3.27. The van der Waals surface area contributed by atoms with Gasteiger partial charge in [-0.05, 0) is 62.6 Å². The topological polar surface area (TPSA) is 97.8 Å². The molecule has 0 radical (unpaired) electrons. The SMILES string of the molecule is CC1CCCCN1S(=O)(=O)c1ccc(C(=O)OCCCS(=O)(=O)c2ccccc2)cc1. The molecule has 2 aromatic rings.